The number of anilines is 1. The molecule has 0 unspecified atom stereocenters. The van der Waals surface area contributed by atoms with Gasteiger partial charge < -0.3 is 10.7 Å². The molecular weight excluding hydrogens is 412 g/mol. The number of nitrogens with zero attached hydrogens (tertiary/aromatic N) is 3. The number of H-pyrrole nitrogens is 1. The molecule has 3 heterocycles. The third-order valence-electron chi connectivity index (χ3n) is 5.28. The average molecular weight is 429 g/mol. The maximum atomic E-state index is 14.4. The number of fused-ring (bicyclic) bond motifs is 1. The zero-order valence-corrected chi connectivity index (χ0v) is 16.7. The van der Waals surface area contributed by atoms with Crippen LogP contribution in [0.1, 0.15) is 21.5 Å². The molecule has 6 nitrogen and oxygen atoms in total. The lowest BCUT2D eigenvalue weighted by atomic mass is 10.0. The van der Waals surface area contributed by atoms with Gasteiger partial charge in [0.2, 0.25) is 5.78 Å². The van der Waals surface area contributed by atoms with Gasteiger partial charge in [0.1, 0.15) is 11.5 Å². The quantitative estimate of drug-likeness (QED) is 0.316. The van der Waals surface area contributed by atoms with E-state index in [9.17, 15) is 13.6 Å². The maximum absolute atomic E-state index is 14.4. The third-order valence-corrected chi connectivity index (χ3v) is 5.28. The monoisotopic (exact) mass is 429 g/mol. The minimum absolute atomic E-state index is 0.106. The Morgan fingerprint density at radius 1 is 1.06 bits per heavy atom. The smallest absolute Gasteiger partial charge is 0.201 e. The van der Waals surface area contributed by atoms with Crippen molar-refractivity contribution in [2.45, 2.75) is 6.54 Å². The van der Waals surface area contributed by atoms with Crippen LogP contribution in [0.2, 0.25) is 0 Å². The predicted octanol–water partition coefficient (Wildman–Crippen LogP) is 4.57. The van der Waals surface area contributed by atoms with E-state index in [0.717, 1.165) is 28.8 Å². The molecule has 5 rings (SSSR count). The summed E-state index contributed by atoms with van der Waals surface area (Å²) in [6.07, 6.45) is 6.63. The largest absolute Gasteiger partial charge is 0.396 e. The van der Waals surface area contributed by atoms with Crippen LogP contribution in [-0.4, -0.2) is 25.5 Å². The van der Waals surface area contributed by atoms with Crippen LogP contribution in [0, 0.1) is 11.6 Å². The van der Waals surface area contributed by atoms with Crippen molar-refractivity contribution in [2.24, 2.45) is 0 Å². The summed E-state index contributed by atoms with van der Waals surface area (Å²) in [5.41, 5.74) is 7.72. The SMILES string of the molecule is Nc1ccc(F)c(C(=O)c2c[nH]c3ncc(-c4cnn(Cc5ccccc5)c4)cc23)c1F. The van der Waals surface area contributed by atoms with Crippen molar-refractivity contribution in [2.75, 3.05) is 5.73 Å². The van der Waals surface area contributed by atoms with E-state index in [1.807, 2.05) is 36.5 Å². The zero-order chi connectivity index (χ0) is 22.2. The van der Waals surface area contributed by atoms with Crippen LogP contribution in [0.3, 0.4) is 0 Å². The number of carbonyl (C=O) groups excluding carboxylic acids is 1. The van der Waals surface area contributed by atoms with Gasteiger partial charge in [-0.1, -0.05) is 30.3 Å². The number of hydrogen-bond acceptors (Lipinski definition) is 4. The van der Waals surface area contributed by atoms with E-state index in [2.05, 4.69) is 15.1 Å². The van der Waals surface area contributed by atoms with Crippen molar-refractivity contribution in [3.8, 4) is 11.1 Å². The highest BCUT2D eigenvalue weighted by atomic mass is 19.1. The number of carbonyl (C=O) groups is 1. The summed E-state index contributed by atoms with van der Waals surface area (Å²) in [5.74, 6) is -2.85. The Morgan fingerprint density at radius 2 is 1.88 bits per heavy atom. The number of hydrogen-bond donors (Lipinski definition) is 2. The Bertz CT molecular complexity index is 1460. The van der Waals surface area contributed by atoms with Crippen LogP contribution >= 0.6 is 0 Å². The molecule has 3 N–H and O–H groups in total. The lowest BCUT2D eigenvalue weighted by molar-refractivity contribution is 0.103. The summed E-state index contributed by atoms with van der Waals surface area (Å²) >= 11 is 0. The van der Waals surface area contributed by atoms with E-state index in [1.54, 1.807) is 23.1 Å². The molecule has 0 spiro atoms. The van der Waals surface area contributed by atoms with Gasteiger partial charge in [0.15, 0.2) is 5.82 Å². The standard InChI is InChI=1S/C24H17F2N5O/c25-19-6-7-20(27)22(26)21(19)23(32)18-11-29-24-17(18)8-15(9-28-24)16-10-30-31(13-16)12-14-4-2-1-3-5-14/h1-11,13H,12,27H2,(H,28,29). The second kappa shape index (κ2) is 7.73. The molecule has 0 fully saturated rings. The molecule has 0 radical (unpaired) electrons. The van der Waals surface area contributed by atoms with E-state index < -0.39 is 23.0 Å². The number of nitrogen functional groups attached to an aromatic ring is 1. The van der Waals surface area contributed by atoms with Crippen molar-refractivity contribution >= 4 is 22.5 Å². The highest BCUT2D eigenvalue weighted by Crippen LogP contribution is 2.28. The Hall–Kier alpha value is -4.33. The number of nitrogens with two attached hydrogens (primary N) is 1. The molecule has 0 saturated heterocycles. The molecule has 3 aromatic heterocycles. The van der Waals surface area contributed by atoms with Crippen LogP contribution in [0.5, 0.6) is 0 Å². The normalized spacial score (nSPS) is 11.2. The van der Waals surface area contributed by atoms with Gasteiger partial charge in [-0.3, -0.25) is 9.48 Å². The molecular formula is C24H17F2N5O. The highest BCUT2D eigenvalue weighted by molar-refractivity contribution is 6.16. The van der Waals surface area contributed by atoms with Gasteiger partial charge in [-0.25, -0.2) is 13.8 Å². The van der Waals surface area contributed by atoms with Crippen LogP contribution < -0.4 is 5.73 Å². The van der Waals surface area contributed by atoms with Gasteiger partial charge in [0.05, 0.1) is 24.0 Å². The van der Waals surface area contributed by atoms with Crippen LogP contribution in [0.25, 0.3) is 22.2 Å². The average Bonchev–Trinajstić information content (AvgIpc) is 3.44. The fraction of sp³-hybridized carbons (Fsp3) is 0.0417. The van der Waals surface area contributed by atoms with Crippen molar-refractivity contribution in [3.05, 3.63) is 102 Å². The van der Waals surface area contributed by atoms with E-state index >= 15 is 0 Å². The molecule has 158 valence electrons. The first kappa shape index (κ1) is 19.6. The summed E-state index contributed by atoms with van der Waals surface area (Å²) in [7, 11) is 0. The van der Waals surface area contributed by atoms with Crippen LogP contribution in [-0.2, 0) is 6.54 Å². The Kier molecular flexibility index (Phi) is 4.74. The number of pyridine rings is 1. The fourth-order valence-electron chi connectivity index (χ4n) is 3.63. The Balaban J connectivity index is 1.51. The topological polar surface area (TPSA) is 89.6 Å². The van der Waals surface area contributed by atoms with Gasteiger partial charge in [0.25, 0.3) is 0 Å². The van der Waals surface area contributed by atoms with Crippen LogP contribution in [0.15, 0.2) is 73.3 Å². The maximum Gasteiger partial charge on any atom is 0.201 e. The number of aromatic amines is 1. The molecule has 0 bridgehead atoms. The van der Waals surface area contributed by atoms with Crippen molar-refractivity contribution in [3.63, 3.8) is 0 Å². The number of halogens is 2. The van der Waals surface area contributed by atoms with Crippen molar-refractivity contribution in [1.82, 2.24) is 19.7 Å². The summed E-state index contributed by atoms with van der Waals surface area (Å²) in [5, 5.41) is 4.84. The van der Waals surface area contributed by atoms with Gasteiger partial charge in [-0.05, 0) is 23.8 Å². The first-order valence-corrected chi connectivity index (χ1v) is 9.83. The lowest BCUT2D eigenvalue weighted by Crippen LogP contribution is -2.09. The fourth-order valence-corrected chi connectivity index (χ4v) is 3.63. The molecule has 32 heavy (non-hydrogen) atoms. The minimum atomic E-state index is -1.07. The summed E-state index contributed by atoms with van der Waals surface area (Å²) in [4.78, 5) is 20.2. The molecule has 0 saturated carbocycles. The minimum Gasteiger partial charge on any atom is -0.396 e. The molecule has 0 aliphatic rings. The molecule has 0 atom stereocenters. The van der Waals surface area contributed by atoms with E-state index in [0.29, 0.717) is 17.6 Å². The molecule has 0 aliphatic heterocycles. The second-order valence-electron chi connectivity index (χ2n) is 7.39. The second-order valence-corrected chi connectivity index (χ2v) is 7.39. The number of nitrogens with one attached hydrogen (secondary N) is 1. The summed E-state index contributed by atoms with van der Waals surface area (Å²) in [6.45, 7) is 0.610. The third kappa shape index (κ3) is 3.41. The Morgan fingerprint density at radius 3 is 2.69 bits per heavy atom. The van der Waals surface area contributed by atoms with Gasteiger partial charge in [-0.2, -0.15) is 5.10 Å². The highest BCUT2D eigenvalue weighted by Gasteiger charge is 2.24. The number of rotatable bonds is 5. The molecule has 2 aromatic carbocycles. The van der Waals surface area contributed by atoms with Gasteiger partial charge in [0, 0.05) is 40.7 Å². The molecule has 0 amide bonds. The number of aromatic nitrogens is 4. The van der Waals surface area contributed by atoms with Crippen molar-refractivity contribution < 1.29 is 13.6 Å². The number of benzene rings is 2. The molecule has 0 aliphatic carbocycles. The van der Waals surface area contributed by atoms with Crippen LogP contribution in [0.4, 0.5) is 14.5 Å². The Labute approximate surface area is 181 Å². The molecule has 8 heteroatoms. The molecule has 5 aromatic rings. The van der Waals surface area contributed by atoms with Crippen molar-refractivity contribution in [1.29, 1.82) is 0 Å². The number of ketones is 1. The lowest BCUT2D eigenvalue weighted by Gasteiger charge is -2.06. The first-order chi connectivity index (χ1) is 15.5. The van der Waals surface area contributed by atoms with Gasteiger partial charge in [-0.15, -0.1) is 0 Å². The summed E-state index contributed by atoms with van der Waals surface area (Å²) in [6, 6.07) is 13.7. The van der Waals surface area contributed by atoms with Gasteiger partial charge >= 0.3 is 0 Å². The predicted molar refractivity (Wildman–Crippen MR) is 117 cm³/mol. The first-order valence-electron chi connectivity index (χ1n) is 9.83. The van der Waals surface area contributed by atoms with E-state index in [1.165, 1.54) is 6.20 Å². The summed E-state index contributed by atoms with van der Waals surface area (Å²) < 4.78 is 30.5. The zero-order valence-electron chi connectivity index (χ0n) is 16.7. The van der Waals surface area contributed by atoms with E-state index in [-0.39, 0.29) is 11.3 Å². The van der Waals surface area contributed by atoms with E-state index in [4.69, 9.17) is 5.73 Å².